The molecule has 0 saturated carbocycles. The van der Waals surface area contributed by atoms with E-state index in [-0.39, 0.29) is 34.7 Å². The van der Waals surface area contributed by atoms with Crippen LogP contribution >= 0.6 is 12.2 Å². The molecule has 0 aliphatic carbocycles. The molecule has 0 saturated heterocycles. The number of nitrogens with zero attached hydrogens (tertiary/aromatic N) is 4. The van der Waals surface area contributed by atoms with Gasteiger partial charge in [0.15, 0.2) is 10.9 Å². The van der Waals surface area contributed by atoms with E-state index in [1.165, 1.54) is 18.3 Å². The number of thiocarbonyl (C=S) groups is 1. The van der Waals surface area contributed by atoms with E-state index in [1.807, 2.05) is 13.8 Å². The number of aromatic nitrogens is 3. The second-order valence-electron chi connectivity index (χ2n) is 10.1. The van der Waals surface area contributed by atoms with Gasteiger partial charge in [-0.2, -0.15) is 40.2 Å². The third kappa shape index (κ3) is 6.83. The fourth-order valence-electron chi connectivity index (χ4n) is 4.26. The Hall–Kier alpha value is -4.54. The summed E-state index contributed by atoms with van der Waals surface area (Å²) >= 11 is 5.22. The lowest BCUT2D eigenvalue weighted by Crippen LogP contribution is -2.59. The van der Waals surface area contributed by atoms with E-state index in [1.54, 1.807) is 30.3 Å². The molecule has 3 aromatic carbocycles. The lowest BCUT2D eigenvalue weighted by atomic mass is 9.87. The molecule has 4 aromatic rings. The third-order valence-electron chi connectivity index (χ3n) is 6.63. The molecule has 2 N–H and O–H groups in total. The monoisotopic (exact) mass is 676 g/mol. The second kappa shape index (κ2) is 12.7. The van der Waals surface area contributed by atoms with Gasteiger partial charge in [0.05, 0.1) is 11.9 Å². The van der Waals surface area contributed by atoms with Crippen LogP contribution < -0.4 is 10.7 Å². The third-order valence-corrected chi connectivity index (χ3v) is 6.83. The average molecular weight is 677 g/mol. The van der Waals surface area contributed by atoms with Crippen molar-refractivity contribution >= 4 is 29.2 Å². The first-order valence-corrected chi connectivity index (χ1v) is 13.5. The molecule has 4 rings (SSSR count). The maximum Gasteiger partial charge on any atom is 0.457 e. The van der Waals surface area contributed by atoms with Gasteiger partial charge in [-0.1, -0.05) is 56.3 Å². The molecule has 46 heavy (non-hydrogen) atoms. The van der Waals surface area contributed by atoms with E-state index in [4.69, 9.17) is 12.2 Å². The Morgan fingerprint density at radius 2 is 1.50 bits per heavy atom. The molecule has 244 valence electrons. The molecule has 0 amide bonds. The van der Waals surface area contributed by atoms with Gasteiger partial charge in [0, 0.05) is 16.8 Å². The van der Waals surface area contributed by atoms with Crippen molar-refractivity contribution < 1.29 is 43.9 Å². The fraction of sp³-hybridized carbons (Fsp3) is 0.241. The van der Waals surface area contributed by atoms with Gasteiger partial charge in [-0.3, -0.25) is 5.43 Å². The smallest absolute Gasteiger partial charge is 0.331 e. The summed E-state index contributed by atoms with van der Waals surface area (Å²) in [5, 5.41) is 11.2. The van der Waals surface area contributed by atoms with Crippen molar-refractivity contribution in [2.75, 3.05) is 5.32 Å². The van der Waals surface area contributed by atoms with Crippen molar-refractivity contribution in [3.05, 3.63) is 95.6 Å². The summed E-state index contributed by atoms with van der Waals surface area (Å²) in [6.45, 7) is 3.89. The van der Waals surface area contributed by atoms with Crippen molar-refractivity contribution in [3.63, 3.8) is 0 Å². The van der Waals surface area contributed by atoms with Crippen LogP contribution in [0.25, 0.3) is 17.1 Å². The first-order chi connectivity index (χ1) is 21.3. The Labute approximate surface area is 260 Å². The molecule has 0 spiro atoms. The molecule has 1 heterocycles. The number of benzene rings is 3. The topological polar surface area (TPSA) is 67.1 Å². The second-order valence-corrected chi connectivity index (χ2v) is 10.5. The van der Waals surface area contributed by atoms with E-state index >= 15 is 0 Å². The average Bonchev–Trinajstić information content (AvgIpc) is 3.46. The van der Waals surface area contributed by atoms with Crippen LogP contribution in [0.4, 0.5) is 49.6 Å². The maximum absolute atomic E-state index is 14.7. The number of hydrogen-bond acceptors (Lipinski definition) is 4. The number of hydrazone groups is 1. The van der Waals surface area contributed by atoms with Crippen LogP contribution in [0, 0.1) is 5.82 Å². The number of anilines is 1. The van der Waals surface area contributed by atoms with Crippen LogP contribution in [0.3, 0.4) is 0 Å². The summed E-state index contributed by atoms with van der Waals surface area (Å²) in [6, 6.07) is 12.5. The minimum atomic E-state index is -6.82. The van der Waals surface area contributed by atoms with Crippen molar-refractivity contribution in [1.82, 2.24) is 20.2 Å². The first-order valence-electron chi connectivity index (χ1n) is 13.1. The van der Waals surface area contributed by atoms with Gasteiger partial charge >= 0.3 is 23.9 Å². The largest absolute Gasteiger partial charge is 0.457 e. The normalized spacial score (nSPS) is 14.0. The Balaban J connectivity index is 1.44. The maximum atomic E-state index is 14.7. The highest BCUT2D eigenvalue weighted by Crippen LogP contribution is 2.58. The van der Waals surface area contributed by atoms with E-state index < -0.39 is 35.3 Å². The van der Waals surface area contributed by atoms with Crippen LogP contribution in [0.1, 0.15) is 36.5 Å². The van der Waals surface area contributed by atoms with Gasteiger partial charge in [-0.15, -0.1) is 5.10 Å². The summed E-state index contributed by atoms with van der Waals surface area (Å²) in [6.07, 6.45) is -10.9. The summed E-state index contributed by atoms with van der Waals surface area (Å²) in [5.41, 5.74) is -3.02. The number of rotatable bonds is 8. The lowest BCUT2D eigenvalue weighted by Gasteiger charge is -2.36. The van der Waals surface area contributed by atoms with E-state index in [9.17, 15) is 43.9 Å². The van der Waals surface area contributed by atoms with Crippen LogP contribution in [0.2, 0.25) is 0 Å². The van der Waals surface area contributed by atoms with E-state index in [0.29, 0.717) is 28.9 Å². The molecule has 0 fully saturated rings. The van der Waals surface area contributed by atoms with Crippen LogP contribution in [0.15, 0.2) is 78.2 Å². The van der Waals surface area contributed by atoms with E-state index in [0.717, 1.165) is 16.6 Å². The van der Waals surface area contributed by atoms with Gasteiger partial charge in [-0.25, -0.2) is 18.4 Å². The summed E-state index contributed by atoms with van der Waals surface area (Å²) in [4.78, 5) is 4.06. The molecule has 6 nitrogen and oxygen atoms in total. The highest BCUT2D eigenvalue weighted by atomic mass is 32.1. The summed E-state index contributed by atoms with van der Waals surface area (Å²) < 4.78 is 135. The van der Waals surface area contributed by atoms with Gasteiger partial charge in [0.1, 0.15) is 12.1 Å². The predicted molar refractivity (Wildman–Crippen MR) is 154 cm³/mol. The fourth-order valence-corrected chi connectivity index (χ4v) is 4.42. The quantitative estimate of drug-likeness (QED) is 0.0849. The molecule has 17 heteroatoms. The Bertz CT molecular complexity index is 1710. The molecule has 1 unspecified atom stereocenters. The summed E-state index contributed by atoms with van der Waals surface area (Å²) in [7, 11) is 0. The summed E-state index contributed by atoms with van der Waals surface area (Å²) in [5.74, 6) is -6.98. The number of halogens is 10. The minimum Gasteiger partial charge on any atom is -0.331 e. The Morgan fingerprint density at radius 3 is 2.07 bits per heavy atom. The van der Waals surface area contributed by atoms with Gasteiger partial charge in [0.25, 0.3) is 0 Å². The zero-order chi connectivity index (χ0) is 34.1. The minimum absolute atomic E-state index is 0.0967. The number of nitrogens with one attached hydrogen (secondary N) is 2. The van der Waals surface area contributed by atoms with E-state index in [2.05, 4.69) is 25.9 Å². The van der Waals surface area contributed by atoms with Gasteiger partial charge in [0.2, 0.25) is 0 Å². The van der Waals surface area contributed by atoms with Crippen molar-refractivity contribution in [2.45, 2.75) is 43.7 Å². The standard InChI is InChI=1S/C29H22F10N6S/c1-16(2)22-12-9-20(30)13-23(22)42-25(46)43-41-14-17-3-5-18(6-4-17)24-40-15-45(44-24)21-10-7-19(8-11-21)26(31,28(34,35)36)27(32,33)29(37,38)39/h3-16H,1-2H3,(H2,42,43,46)/b41-14+. The predicted octanol–water partition coefficient (Wildman–Crippen LogP) is 8.44. The molecule has 0 radical (unpaired) electrons. The SMILES string of the molecule is CC(C)c1ccc(F)cc1NC(=S)N/N=C/c1ccc(-c2ncn(-c3ccc(C(F)(C(F)(F)F)C(F)(F)C(F)(F)F)cc3)n2)cc1. The molecule has 1 aromatic heterocycles. The molecular weight excluding hydrogens is 654 g/mol. The molecule has 0 aliphatic heterocycles. The lowest BCUT2D eigenvalue weighted by molar-refractivity contribution is -0.389. The highest BCUT2D eigenvalue weighted by molar-refractivity contribution is 7.80. The van der Waals surface area contributed by atoms with Crippen molar-refractivity contribution in [1.29, 1.82) is 0 Å². The molecule has 0 aliphatic rings. The first kappa shape index (κ1) is 34.3. The van der Waals surface area contributed by atoms with Crippen molar-refractivity contribution in [3.8, 4) is 17.1 Å². The van der Waals surface area contributed by atoms with Crippen LogP contribution in [-0.2, 0) is 5.67 Å². The molecule has 1 atom stereocenters. The zero-order valence-electron chi connectivity index (χ0n) is 23.6. The van der Waals surface area contributed by atoms with Crippen LogP contribution in [0.5, 0.6) is 0 Å². The van der Waals surface area contributed by atoms with Crippen molar-refractivity contribution in [2.24, 2.45) is 5.10 Å². The van der Waals surface area contributed by atoms with Gasteiger partial charge in [-0.05, 0) is 53.5 Å². The van der Waals surface area contributed by atoms with Crippen LogP contribution in [-0.4, -0.2) is 44.4 Å². The highest BCUT2D eigenvalue weighted by Gasteiger charge is 2.81. The van der Waals surface area contributed by atoms with Gasteiger partial charge < -0.3 is 5.32 Å². The number of hydrogen-bond donors (Lipinski definition) is 2. The zero-order valence-corrected chi connectivity index (χ0v) is 24.4. The Kier molecular flexibility index (Phi) is 9.47. The molecular formula is C29H22F10N6S. The Morgan fingerprint density at radius 1 is 0.870 bits per heavy atom. The number of alkyl halides is 9. The molecule has 0 bridgehead atoms.